The molecule has 0 aliphatic carbocycles. The molecule has 0 unspecified atom stereocenters. The molecule has 0 saturated heterocycles. The molecule has 0 aliphatic rings. The van der Waals surface area contributed by atoms with Crippen LogP contribution in [0.4, 0.5) is 0 Å². The summed E-state index contributed by atoms with van der Waals surface area (Å²) >= 11 is 5.67. The molecule has 0 spiro atoms. The Bertz CT molecular complexity index is 250. The highest BCUT2D eigenvalue weighted by Crippen LogP contribution is 2.26. The van der Waals surface area contributed by atoms with E-state index in [9.17, 15) is 5.11 Å². The summed E-state index contributed by atoms with van der Waals surface area (Å²) in [7, 11) is 1.82. The van der Waals surface area contributed by atoms with Crippen molar-refractivity contribution in [1.29, 1.82) is 0 Å². The molecular weight excluding hydrogens is 162 g/mol. The van der Waals surface area contributed by atoms with Gasteiger partial charge in [-0.2, -0.15) is 0 Å². The number of nitrogens with one attached hydrogen (secondary N) is 1. The Morgan fingerprint density at radius 3 is 2.91 bits per heavy atom. The van der Waals surface area contributed by atoms with Crippen LogP contribution in [0.1, 0.15) is 5.56 Å². The monoisotopic (exact) mass is 171 g/mol. The van der Waals surface area contributed by atoms with Crippen molar-refractivity contribution in [3.05, 3.63) is 28.8 Å². The van der Waals surface area contributed by atoms with E-state index >= 15 is 0 Å². The Labute approximate surface area is 70.8 Å². The van der Waals surface area contributed by atoms with Gasteiger partial charge in [-0.1, -0.05) is 23.7 Å². The predicted octanol–water partition coefficient (Wildman–Crippen LogP) is 1.77. The van der Waals surface area contributed by atoms with E-state index in [0.717, 1.165) is 5.56 Å². The fraction of sp³-hybridized carbons (Fsp3) is 0.250. The first kappa shape index (κ1) is 8.37. The SMILES string of the molecule is CNCc1cccc(Cl)c1O. The zero-order chi connectivity index (χ0) is 8.27. The lowest BCUT2D eigenvalue weighted by Gasteiger charge is -2.03. The van der Waals surface area contributed by atoms with Crippen molar-refractivity contribution < 1.29 is 5.11 Å². The minimum Gasteiger partial charge on any atom is -0.506 e. The lowest BCUT2D eigenvalue weighted by Crippen LogP contribution is -2.04. The molecule has 0 amide bonds. The average molecular weight is 172 g/mol. The number of aromatic hydroxyl groups is 1. The van der Waals surface area contributed by atoms with E-state index in [-0.39, 0.29) is 5.75 Å². The van der Waals surface area contributed by atoms with Crippen LogP contribution >= 0.6 is 11.6 Å². The largest absolute Gasteiger partial charge is 0.506 e. The van der Waals surface area contributed by atoms with Crippen LogP contribution in [0.5, 0.6) is 5.75 Å². The van der Waals surface area contributed by atoms with E-state index in [2.05, 4.69) is 5.32 Å². The number of phenols is 1. The van der Waals surface area contributed by atoms with Crippen LogP contribution in [0.25, 0.3) is 0 Å². The molecule has 2 nitrogen and oxygen atoms in total. The quantitative estimate of drug-likeness (QED) is 0.711. The molecule has 0 saturated carbocycles. The average Bonchev–Trinajstić information content (AvgIpc) is 1.99. The first-order valence-electron chi connectivity index (χ1n) is 3.36. The van der Waals surface area contributed by atoms with Crippen LogP contribution in [0, 0.1) is 0 Å². The molecular formula is C8H10ClNO. The number of hydrogen-bond acceptors (Lipinski definition) is 2. The van der Waals surface area contributed by atoms with E-state index in [4.69, 9.17) is 11.6 Å². The number of rotatable bonds is 2. The number of halogens is 1. The van der Waals surface area contributed by atoms with Gasteiger partial charge < -0.3 is 10.4 Å². The molecule has 3 heteroatoms. The third kappa shape index (κ3) is 1.85. The third-order valence-corrected chi connectivity index (χ3v) is 1.74. The first-order valence-corrected chi connectivity index (χ1v) is 3.74. The smallest absolute Gasteiger partial charge is 0.138 e. The van der Waals surface area contributed by atoms with Crippen molar-refractivity contribution in [2.24, 2.45) is 0 Å². The topological polar surface area (TPSA) is 32.3 Å². The first-order chi connectivity index (χ1) is 5.25. The van der Waals surface area contributed by atoms with Crippen LogP contribution in [-0.4, -0.2) is 12.2 Å². The van der Waals surface area contributed by atoms with Crippen molar-refractivity contribution >= 4 is 11.6 Å². The lowest BCUT2D eigenvalue weighted by molar-refractivity contribution is 0.466. The van der Waals surface area contributed by atoms with Gasteiger partial charge in [0.1, 0.15) is 5.75 Å². The molecule has 0 atom stereocenters. The van der Waals surface area contributed by atoms with Crippen LogP contribution in [0.2, 0.25) is 5.02 Å². The molecule has 2 N–H and O–H groups in total. The summed E-state index contributed by atoms with van der Waals surface area (Å²) < 4.78 is 0. The second-order valence-electron chi connectivity index (χ2n) is 2.28. The standard InChI is InChI=1S/C8H10ClNO/c1-10-5-6-3-2-4-7(9)8(6)11/h2-4,10-11H,5H2,1H3. The van der Waals surface area contributed by atoms with E-state index in [1.54, 1.807) is 6.07 Å². The molecule has 60 valence electrons. The molecule has 0 bridgehead atoms. The van der Waals surface area contributed by atoms with Crippen LogP contribution < -0.4 is 5.32 Å². The van der Waals surface area contributed by atoms with E-state index in [1.165, 1.54) is 0 Å². The van der Waals surface area contributed by atoms with Gasteiger partial charge in [0, 0.05) is 12.1 Å². The van der Waals surface area contributed by atoms with Crippen molar-refractivity contribution in [3.63, 3.8) is 0 Å². The van der Waals surface area contributed by atoms with Gasteiger partial charge in [0.2, 0.25) is 0 Å². The Morgan fingerprint density at radius 1 is 1.55 bits per heavy atom. The highest BCUT2D eigenvalue weighted by molar-refractivity contribution is 6.32. The molecule has 1 aromatic rings. The van der Waals surface area contributed by atoms with Crippen molar-refractivity contribution in [3.8, 4) is 5.75 Å². The van der Waals surface area contributed by atoms with Gasteiger partial charge in [0.25, 0.3) is 0 Å². The van der Waals surface area contributed by atoms with Crippen molar-refractivity contribution in [2.45, 2.75) is 6.54 Å². The lowest BCUT2D eigenvalue weighted by atomic mass is 10.2. The summed E-state index contributed by atoms with van der Waals surface area (Å²) in [6, 6.07) is 5.31. The van der Waals surface area contributed by atoms with Crippen LogP contribution in [0.15, 0.2) is 18.2 Å². The number of para-hydroxylation sites is 1. The maximum atomic E-state index is 9.36. The van der Waals surface area contributed by atoms with Gasteiger partial charge in [-0.15, -0.1) is 0 Å². The van der Waals surface area contributed by atoms with Gasteiger partial charge in [-0.25, -0.2) is 0 Å². The Kier molecular flexibility index (Phi) is 2.74. The summed E-state index contributed by atoms with van der Waals surface area (Å²) in [4.78, 5) is 0. The van der Waals surface area contributed by atoms with Crippen LogP contribution in [0.3, 0.4) is 0 Å². The Balaban J connectivity index is 2.96. The van der Waals surface area contributed by atoms with Gasteiger partial charge in [-0.3, -0.25) is 0 Å². The fourth-order valence-corrected chi connectivity index (χ4v) is 1.09. The van der Waals surface area contributed by atoms with Gasteiger partial charge >= 0.3 is 0 Å². The second-order valence-corrected chi connectivity index (χ2v) is 2.69. The summed E-state index contributed by atoms with van der Waals surface area (Å²) in [5.41, 5.74) is 0.819. The highest BCUT2D eigenvalue weighted by atomic mass is 35.5. The van der Waals surface area contributed by atoms with E-state index in [0.29, 0.717) is 11.6 Å². The maximum Gasteiger partial charge on any atom is 0.138 e. The normalized spacial score (nSPS) is 10.0. The van der Waals surface area contributed by atoms with Crippen molar-refractivity contribution in [2.75, 3.05) is 7.05 Å². The molecule has 0 fully saturated rings. The second kappa shape index (κ2) is 3.60. The third-order valence-electron chi connectivity index (χ3n) is 1.44. The molecule has 1 aromatic carbocycles. The van der Waals surface area contributed by atoms with Gasteiger partial charge in [0.05, 0.1) is 5.02 Å². The molecule has 0 heterocycles. The highest BCUT2D eigenvalue weighted by Gasteiger charge is 2.02. The Hall–Kier alpha value is -0.730. The predicted molar refractivity (Wildman–Crippen MR) is 45.9 cm³/mol. The van der Waals surface area contributed by atoms with Crippen LogP contribution in [-0.2, 0) is 6.54 Å². The summed E-state index contributed by atoms with van der Waals surface area (Å²) in [5.74, 6) is 0.170. The maximum absolute atomic E-state index is 9.36. The van der Waals surface area contributed by atoms with E-state index in [1.807, 2.05) is 19.2 Å². The zero-order valence-electron chi connectivity index (χ0n) is 6.26. The summed E-state index contributed by atoms with van der Waals surface area (Å²) in [6.07, 6.45) is 0. The number of benzene rings is 1. The molecule has 0 aliphatic heterocycles. The molecule has 0 radical (unpaired) electrons. The molecule has 11 heavy (non-hydrogen) atoms. The Morgan fingerprint density at radius 2 is 2.27 bits per heavy atom. The number of hydrogen-bond donors (Lipinski definition) is 2. The summed E-state index contributed by atoms with van der Waals surface area (Å²) in [5, 5.41) is 12.7. The number of phenolic OH excluding ortho intramolecular Hbond substituents is 1. The van der Waals surface area contributed by atoms with E-state index < -0.39 is 0 Å². The van der Waals surface area contributed by atoms with Gasteiger partial charge in [-0.05, 0) is 13.1 Å². The minimum absolute atomic E-state index is 0.170. The van der Waals surface area contributed by atoms with Gasteiger partial charge in [0.15, 0.2) is 0 Å². The van der Waals surface area contributed by atoms with Crippen molar-refractivity contribution in [1.82, 2.24) is 5.32 Å². The molecule has 1 rings (SSSR count). The molecule has 0 aromatic heterocycles. The summed E-state index contributed by atoms with van der Waals surface area (Å²) in [6.45, 7) is 0.631. The zero-order valence-corrected chi connectivity index (χ0v) is 7.02. The minimum atomic E-state index is 0.170. The fourth-order valence-electron chi connectivity index (χ4n) is 0.893.